The average Bonchev–Trinajstić information content (AvgIpc) is 3.79. The van der Waals surface area contributed by atoms with E-state index in [1.165, 1.54) is 11.1 Å². The summed E-state index contributed by atoms with van der Waals surface area (Å²) in [6.45, 7) is 1.07. The van der Waals surface area contributed by atoms with Gasteiger partial charge in [0.15, 0.2) is 11.5 Å². The third-order valence-corrected chi connectivity index (χ3v) is 9.36. The number of carbonyl (C=O) groups excluding carboxylic acids is 2. The highest BCUT2D eigenvalue weighted by Gasteiger charge is 2.57. The molecule has 228 valence electrons. The molecule has 8 rings (SSSR count). The molecule has 46 heavy (non-hydrogen) atoms. The second kappa shape index (κ2) is 11.4. The molecule has 0 aliphatic carbocycles. The molecule has 7 nitrogen and oxygen atoms in total. The molecule has 5 aromatic carbocycles. The summed E-state index contributed by atoms with van der Waals surface area (Å²) in [5.74, 6) is 1.75. The number of hydrogen-bond donors (Lipinski definition) is 1. The Morgan fingerprint density at radius 3 is 2.15 bits per heavy atom. The van der Waals surface area contributed by atoms with Crippen LogP contribution in [-0.2, 0) is 16.8 Å². The van der Waals surface area contributed by atoms with Gasteiger partial charge in [0, 0.05) is 35.3 Å². The third kappa shape index (κ3) is 4.58. The monoisotopic (exact) mass is 608 g/mol. The van der Waals surface area contributed by atoms with E-state index in [4.69, 9.17) is 14.2 Å². The molecule has 3 aliphatic rings. The van der Waals surface area contributed by atoms with Gasteiger partial charge in [-0.05, 0) is 46.9 Å². The van der Waals surface area contributed by atoms with Crippen molar-refractivity contribution in [3.63, 3.8) is 0 Å². The van der Waals surface area contributed by atoms with Crippen LogP contribution in [0.2, 0.25) is 0 Å². The first-order chi connectivity index (χ1) is 22.6. The number of carbonyl (C=O) groups is 2. The number of nitrogens with zero attached hydrogens (tertiary/aromatic N) is 1. The Morgan fingerprint density at radius 2 is 1.39 bits per heavy atom. The van der Waals surface area contributed by atoms with Gasteiger partial charge in [-0.1, -0.05) is 97.1 Å². The molecule has 0 radical (unpaired) electrons. The quantitative estimate of drug-likeness (QED) is 0.215. The molecule has 3 heterocycles. The normalized spacial score (nSPS) is 17.2. The van der Waals surface area contributed by atoms with Crippen molar-refractivity contribution in [3.05, 3.63) is 155 Å². The number of rotatable bonds is 8. The lowest BCUT2D eigenvalue weighted by atomic mass is 9.77. The highest BCUT2D eigenvalue weighted by molar-refractivity contribution is 6.11. The molecule has 1 unspecified atom stereocenters. The maximum absolute atomic E-state index is 14.5. The van der Waals surface area contributed by atoms with Crippen molar-refractivity contribution in [2.75, 3.05) is 24.8 Å². The molecule has 1 spiro atoms. The number of amides is 2. The smallest absolute Gasteiger partial charge is 0.251 e. The molecule has 0 saturated heterocycles. The summed E-state index contributed by atoms with van der Waals surface area (Å²) >= 11 is 0. The highest BCUT2D eigenvalue weighted by atomic mass is 16.7. The zero-order valence-corrected chi connectivity index (χ0v) is 25.1. The number of hydrogen-bond acceptors (Lipinski definition) is 5. The van der Waals surface area contributed by atoms with E-state index in [0.717, 1.165) is 28.8 Å². The first-order valence-corrected chi connectivity index (χ1v) is 15.6. The van der Waals surface area contributed by atoms with E-state index in [9.17, 15) is 9.59 Å². The number of ether oxygens (including phenoxy) is 3. The van der Waals surface area contributed by atoms with Crippen LogP contribution >= 0.6 is 0 Å². The fourth-order valence-electron chi connectivity index (χ4n) is 7.09. The lowest BCUT2D eigenvalue weighted by molar-refractivity contribution is -0.122. The molecule has 2 amide bonds. The van der Waals surface area contributed by atoms with Crippen molar-refractivity contribution in [1.82, 2.24) is 5.32 Å². The van der Waals surface area contributed by atoms with Gasteiger partial charge in [0.25, 0.3) is 5.91 Å². The van der Waals surface area contributed by atoms with Crippen molar-refractivity contribution in [1.29, 1.82) is 0 Å². The largest absolute Gasteiger partial charge is 0.491 e. The van der Waals surface area contributed by atoms with Crippen molar-refractivity contribution in [3.8, 4) is 17.2 Å². The van der Waals surface area contributed by atoms with Gasteiger partial charge in [-0.25, -0.2) is 0 Å². The Balaban J connectivity index is 1.04. The van der Waals surface area contributed by atoms with Crippen molar-refractivity contribution in [2.45, 2.75) is 24.3 Å². The first kappa shape index (κ1) is 28.0. The van der Waals surface area contributed by atoms with Crippen LogP contribution in [0, 0.1) is 0 Å². The Bertz CT molecular complexity index is 1900. The number of anilines is 1. The molecule has 7 heteroatoms. The number of nitrogens with one attached hydrogen (secondary N) is 1. The minimum absolute atomic E-state index is 0.0879. The van der Waals surface area contributed by atoms with E-state index in [-0.39, 0.29) is 37.7 Å². The van der Waals surface area contributed by atoms with E-state index in [1.54, 1.807) is 4.90 Å². The summed E-state index contributed by atoms with van der Waals surface area (Å²) in [5.41, 5.74) is 5.21. The van der Waals surface area contributed by atoms with E-state index >= 15 is 0 Å². The van der Waals surface area contributed by atoms with Crippen LogP contribution in [0.3, 0.4) is 0 Å². The molecule has 0 saturated carbocycles. The second-order valence-electron chi connectivity index (χ2n) is 11.9. The zero-order chi connectivity index (χ0) is 31.1. The maximum atomic E-state index is 14.5. The summed E-state index contributed by atoms with van der Waals surface area (Å²) in [5, 5.41) is 3.16. The minimum atomic E-state index is -1.01. The zero-order valence-electron chi connectivity index (χ0n) is 25.1. The number of benzene rings is 5. The Morgan fingerprint density at radius 1 is 0.739 bits per heavy atom. The fourth-order valence-corrected chi connectivity index (χ4v) is 7.09. The third-order valence-electron chi connectivity index (χ3n) is 9.36. The predicted molar refractivity (Wildman–Crippen MR) is 175 cm³/mol. The highest BCUT2D eigenvalue weighted by Crippen LogP contribution is 2.55. The standard InChI is InChI=1S/C39H32N2O5/c42-37(40-20-19-29(26-11-3-1-4-12-26)27-13-5-2-6-14-27)30-16-8-7-15-28(30)23-41-33-18-10-9-17-31(33)39(38(41)43)24-44-34-22-36-35(21-32(34)39)45-25-46-36/h1-18,21-22,29H,19-20,23-25H2,(H,40,42). The van der Waals surface area contributed by atoms with Crippen molar-refractivity contribution >= 4 is 17.5 Å². The summed E-state index contributed by atoms with van der Waals surface area (Å²) in [6, 6.07) is 39.8. The van der Waals surface area contributed by atoms with Gasteiger partial charge >= 0.3 is 0 Å². The first-order valence-electron chi connectivity index (χ1n) is 15.6. The Labute approximate surface area is 267 Å². The van der Waals surface area contributed by atoms with E-state index in [1.807, 2.05) is 97.1 Å². The topological polar surface area (TPSA) is 77.1 Å². The van der Waals surface area contributed by atoms with Crippen LogP contribution in [-0.4, -0.2) is 31.8 Å². The summed E-state index contributed by atoms with van der Waals surface area (Å²) in [7, 11) is 0. The summed E-state index contributed by atoms with van der Waals surface area (Å²) in [4.78, 5) is 30.0. The van der Waals surface area contributed by atoms with Gasteiger partial charge < -0.3 is 24.4 Å². The van der Waals surface area contributed by atoms with Crippen molar-refractivity contribution in [2.24, 2.45) is 0 Å². The Hall–Kier alpha value is -5.56. The summed E-state index contributed by atoms with van der Waals surface area (Å²) in [6.07, 6.45) is 0.750. The van der Waals surface area contributed by atoms with Crippen LogP contribution in [0.1, 0.15) is 50.5 Å². The number of para-hydroxylation sites is 1. The molecule has 1 atom stereocenters. The molecule has 1 N–H and O–H groups in total. The van der Waals surface area contributed by atoms with Gasteiger partial charge in [0.2, 0.25) is 12.7 Å². The molecular formula is C39H32N2O5. The van der Waals surface area contributed by atoms with Crippen LogP contribution in [0.15, 0.2) is 121 Å². The van der Waals surface area contributed by atoms with Gasteiger partial charge in [-0.15, -0.1) is 0 Å². The van der Waals surface area contributed by atoms with Gasteiger partial charge in [0.05, 0.1) is 6.54 Å². The molecule has 0 aromatic heterocycles. The fraction of sp³-hybridized carbons (Fsp3) is 0.179. The molecule has 0 fully saturated rings. The molecule has 5 aromatic rings. The SMILES string of the molecule is O=C(NCCC(c1ccccc1)c1ccccc1)c1ccccc1CN1C(=O)C2(COc3cc4c(cc32)OCO4)c2ccccc21. The summed E-state index contributed by atoms with van der Waals surface area (Å²) < 4.78 is 17.4. The van der Waals surface area contributed by atoms with E-state index in [0.29, 0.717) is 29.4 Å². The van der Waals surface area contributed by atoms with Crippen LogP contribution in [0.25, 0.3) is 0 Å². The molecular weight excluding hydrogens is 576 g/mol. The van der Waals surface area contributed by atoms with Gasteiger partial charge in [-0.2, -0.15) is 0 Å². The molecule has 0 bridgehead atoms. The van der Waals surface area contributed by atoms with Crippen molar-refractivity contribution < 1.29 is 23.8 Å². The lowest BCUT2D eigenvalue weighted by Crippen LogP contribution is -2.42. The minimum Gasteiger partial charge on any atom is -0.491 e. The van der Waals surface area contributed by atoms with Crippen LogP contribution in [0.5, 0.6) is 17.2 Å². The number of fused-ring (bicyclic) bond motifs is 5. The lowest BCUT2D eigenvalue weighted by Gasteiger charge is -2.24. The van der Waals surface area contributed by atoms with Gasteiger partial charge in [-0.3, -0.25) is 9.59 Å². The maximum Gasteiger partial charge on any atom is 0.251 e. The van der Waals surface area contributed by atoms with Gasteiger partial charge in [0.1, 0.15) is 17.8 Å². The molecule has 3 aliphatic heterocycles. The average molecular weight is 609 g/mol. The van der Waals surface area contributed by atoms with Crippen LogP contribution < -0.4 is 24.4 Å². The second-order valence-corrected chi connectivity index (χ2v) is 11.9. The predicted octanol–water partition coefficient (Wildman–Crippen LogP) is 6.59. The Kier molecular flexibility index (Phi) is 6.94. The van der Waals surface area contributed by atoms with E-state index < -0.39 is 5.41 Å². The van der Waals surface area contributed by atoms with E-state index in [2.05, 4.69) is 29.6 Å². The van der Waals surface area contributed by atoms with Crippen LogP contribution in [0.4, 0.5) is 5.69 Å².